The summed E-state index contributed by atoms with van der Waals surface area (Å²) in [6, 6.07) is 11.5. The smallest absolute Gasteiger partial charge is 0.0953 e. The monoisotopic (exact) mass is 408 g/mol. The van der Waals surface area contributed by atoms with Crippen molar-refractivity contribution in [2.24, 2.45) is 0 Å². The molecule has 1 saturated heterocycles. The molecule has 0 saturated carbocycles. The molecule has 2 aliphatic rings. The van der Waals surface area contributed by atoms with Gasteiger partial charge in [0, 0.05) is 30.9 Å². The summed E-state index contributed by atoms with van der Waals surface area (Å²) in [6.07, 6.45) is 2.91. The Labute approximate surface area is 183 Å². The number of aliphatic hydroxyl groups excluding tert-OH is 1. The zero-order valence-corrected chi connectivity index (χ0v) is 20.0. The first-order chi connectivity index (χ1) is 14.4. The third-order valence-corrected chi connectivity index (χ3v) is 7.63. The third-order valence-electron chi connectivity index (χ3n) is 7.63. The normalized spacial score (nSPS) is 21.4. The second-order valence-electron chi connectivity index (χ2n) is 8.83. The lowest BCUT2D eigenvalue weighted by Crippen LogP contribution is -2.48. The first kappa shape index (κ1) is 22.8. The van der Waals surface area contributed by atoms with E-state index in [4.69, 9.17) is 0 Å². The summed E-state index contributed by atoms with van der Waals surface area (Å²) >= 11 is 0. The summed E-state index contributed by atoms with van der Waals surface area (Å²) in [7, 11) is 2.23. The van der Waals surface area contributed by atoms with E-state index < -0.39 is 0 Å². The maximum atomic E-state index is 11.2. The van der Waals surface area contributed by atoms with Gasteiger partial charge in [0.1, 0.15) is 0 Å². The van der Waals surface area contributed by atoms with Crippen LogP contribution in [0.15, 0.2) is 30.3 Å². The largest absolute Gasteiger partial charge is 0.387 e. The SMILES string of the molecule is CC.Cc1c(C)c(C)c2c(c1C)C[C@@H](N(C)C1CCN(c3ccccc3)CC1)[C@@H]2O. The molecule has 30 heavy (non-hydrogen) atoms. The standard InChI is InChI=1S/C25H34N2O.C2H6/c1-16-17(2)19(4)24-22(18(16)3)15-23(25(24)28)26(5)20-11-13-27(14-12-20)21-9-7-6-8-10-21;1-2/h6-10,20,23,25,28H,11-15H2,1-5H3;1-2H3/t23-,25+;/m1./s1. The van der Waals surface area contributed by atoms with Gasteiger partial charge < -0.3 is 10.0 Å². The van der Waals surface area contributed by atoms with Gasteiger partial charge in [-0.3, -0.25) is 4.90 Å². The van der Waals surface area contributed by atoms with Gasteiger partial charge in [0.15, 0.2) is 0 Å². The minimum Gasteiger partial charge on any atom is -0.387 e. The summed E-state index contributed by atoms with van der Waals surface area (Å²) in [5.41, 5.74) is 9.34. The highest BCUT2D eigenvalue weighted by Gasteiger charge is 2.39. The molecule has 0 aromatic heterocycles. The molecule has 1 fully saturated rings. The predicted octanol–water partition coefficient (Wildman–Crippen LogP) is 5.51. The zero-order chi connectivity index (χ0) is 22.0. The van der Waals surface area contributed by atoms with E-state index in [1.54, 1.807) is 0 Å². The van der Waals surface area contributed by atoms with Crippen LogP contribution in [-0.2, 0) is 6.42 Å². The van der Waals surface area contributed by atoms with Crippen molar-refractivity contribution in [3.05, 3.63) is 63.7 Å². The van der Waals surface area contributed by atoms with E-state index in [2.05, 4.69) is 74.9 Å². The Hall–Kier alpha value is -1.84. The molecule has 2 aromatic rings. The van der Waals surface area contributed by atoms with E-state index in [1.165, 1.54) is 39.1 Å². The fourth-order valence-electron chi connectivity index (χ4n) is 5.40. The van der Waals surface area contributed by atoms with Crippen LogP contribution in [0, 0.1) is 27.7 Å². The van der Waals surface area contributed by atoms with Crippen molar-refractivity contribution in [2.45, 2.75) is 79.0 Å². The maximum absolute atomic E-state index is 11.2. The molecule has 1 aliphatic carbocycles. The summed E-state index contributed by atoms with van der Waals surface area (Å²) in [6.45, 7) is 15.0. The molecule has 164 valence electrons. The van der Waals surface area contributed by atoms with Crippen LogP contribution in [0.4, 0.5) is 5.69 Å². The van der Waals surface area contributed by atoms with Crippen LogP contribution in [-0.4, -0.2) is 42.2 Å². The van der Waals surface area contributed by atoms with Gasteiger partial charge >= 0.3 is 0 Å². The number of piperidine rings is 1. The maximum Gasteiger partial charge on any atom is 0.0953 e. The molecule has 1 N–H and O–H groups in total. The number of rotatable bonds is 3. The fourth-order valence-corrected chi connectivity index (χ4v) is 5.40. The second-order valence-corrected chi connectivity index (χ2v) is 8.83. The average molecular weight is 409 g/mol. The van der Waals surface area contributed by atoms with Crippen molar-refractivity contribution in [1.82, 2.24) is 4.90 Å². The van der Waals surface area contributed by atoms with Crippen LogP contribution in [0.1, 0.15) is 66.2 Å². The Bertz CT molecular complexity index is 853. The Morgan fingerprint density at radius 3 is 2.03 bits per heavy atom. The second kappa shape index (κ2) is 9.53. The zero-order valence-electron chi connectivity index (χ0n) is 20.0. The Balaban J connectivity index is 0.00000124. The predicted molar refractivity (Wildman–Crippen MR) is 129 cm³/mol. The van der Waals surface area contributed by atoms with Crippen molar-refractivity contribution >= 4 is 5.69 Å². The van der Waals surface area contributed by atoms with Crippen LogP contribution >= 0.6 is 0 Å². The molecule has 4 rings (SSSR count). The Morgan fingerprint density at radius 2 is 1.43 bits per heavy atom. The third kappa shape index (κ3) is 4.02. The first-order valence-corrected chi connectivity index (χ1v) is 11.7. The number of benzene rings is 2. The molecule has 0 amide bonds. The van der Waals surface area contributed by atoms with E-state index in [0.29, 0.717) is 6.04 Å². The lowest BCUT2D eigenvalue weighted by Gasteiger charge is -2.41. The number of hydrogen-bond acceptors (Lipinski definition) is 3. The molecule has 0 radical (unpaired) electrons. The average Bonchev–Trinajstić information content (AvgIpc) is 3.15. The first-order valence-electron chi connectivity index (χ1n) is 11.7. The number of para-hydroxylation sites is 1. The van der Waals surface area contributed by atoms with Crippen LogP contribution < -0.4 is 4.90 Å². The molecular formula is C27H40N2O. The van der Waals surface area contributed by atoms with E-state index in [-0.39, 0.29) is 12.1 Å². The summed E-state index contributed by atoms with van der Waals surface area (Å²) in [5, 5.41) is 11.2. The molecule has 1 aliphatic heterocycles. The molecular weight excluding hydrogens is 368 g/mol. The molecule has 3 nitrogen and oxygen atoms in total. The Kier molecular flexibility index (Phi) is 7.26. The van der Waals surface area contributed by atoms with Gasteiger partial charge in [0.25, 0.3) is 0 Å². The lowest BCUT2D eigenvalue weighted by atomic mass is 9.90. The van der Waals surface area contributed by atoms with E-state index in [0.717, 1.165) is 32.4 Å². The van der Waals surface area contributed by atoms with E-state index >= 15 is 0 Å². The van der Waals surface area contributed by atoms with Gasteiger partial charge in [-0.1, -0.05) is 32.0 Å². The fraction of sp³-hybridized carbons (Fsp3) is 0.556. The highest BCUT2D eigenvalue weighted by atomic mass is 16.3. The van der Waals surface area contributed by atoms with E-state index in [1.807, 2.05) is 13.8 Å². The van der Waals surface area contributed by atoms with Crippen molar-refractivity contribution in [2.75, 3.05) is 25.0 Å². The topological polar surface area (TPSA) is 26.7 Å². The quantitative estimate of drug-likeness (QED) is 0.726. The summed E-state index contributed by atoms with van der Waals surface area (Å²) in [5.74, 6) is 0. The van der Waals surface area contributed by atoms with Gasteiger partial charge in [-0.15, -0.1) is 0 Å². The number of fused-ring (bicyclic) bond motifs is 1. The van der Waals surface area contributed by atoms with Gasteiger partial charge in [-0.25, -0.2) is 0 Å². The molecule has 1 heterocycles. The highest BCUT2D eigenvalue weighted by Crippen LogP contribution is 2.41. The summed E-state index contributed by atoms with van der Waals surface area (Å²) < 4.78 is 0. The van der Waals surface area contributed by atoms with Crippen LogP contribution in [0.3, 0.4) is 0 Å². The number of aliphatic hydroxyl groups is 1. The van der Waals surface area contributed by atoms with Crippen LogP contribution in [0.2, 0.25) is 0 Å². The van der Waals surface area contributed by atoms with Crippen molar-refractivity contribution < 1.29 is 5.11 Å². The molecule has 0 unspecified atom stereocenters. The molecule has 3 heteroatoms. The number of anilines is 1. The van der Waals surface area contributed by atoms with Gasteiger partial charge in [0.2, 0.25) is 0 Å². The molecule has 2 atom stereocenters. The number of hydrogen-bond donors (Lipinski definition) is 1. The van der Waals surface area contributed by atoms with Gasteiger partial charge in [-0.2, -0.15) is 0 Å². The van der Waals surface area contributed by atoms with Crippen molar-refractivity contribution in [3.8, 4) is 0 Å². The van der Waals surface area contributed by atoms with Gasteiger partial charge in [-0.05, 0) is 99.5 Å². The Morgan fingerprint density at radius 1 is 0.867 bits per heavy atom. The van der Waals surface area contributed by atoms with Gasteiger partial charge in [0.05, 0.1) is 6.10 Å². The van der Waals surface area contributed by atoms with E-state index in [9.17, 15) is 5.11 Å². The number of nitrogens with zero attached hydrogens (tertiary/aromatic N) is 2. The minimum absolute atomic E-state index is 0.196. The molecule has 2 aromatic carbocycles. The lowest BCUT2D eigenvalue weighted by molar-refractivity contribution is 0.0443. The minimum atomic E-state index is -0.370. The van der Waals surface area contributed by atoms with Crippen LogP contribution in [0.5, 0.6) is 0 Å². The highest BCUT2D eigenvalue weighted by molar-refractivity contribution is 5.54. The van der Waals surface area contributed by atoms with Crippen molar-refractivity contribution in [1.29, 1.82) is 0 Å². The molecule has 0 spiro atoms. The summed E-state index contributed by atoms with van der Waals surface area (Å²) in [4.78, 5) is 4.97. The number of likely N-dealkylation sites (N-methyl/N-ethyl adjacent to an activating group) is 1. The molecule has 0 bridgehead atoms. The van der Waals surface area contributed by atoms with Crippen LogP contribution in [0.25, 0.3) is 0 Å². The van der Waals surface area contributed by atoms with Crippen molar-refractivity contribution in [3.63, 3.8) is 0 Å².